The Kier molecular flexibility index (Phi) is 3.34. The highest BCUT2D eigenvalue weighted by molar-refractivity contribution is 5.76. The van der Waals surface area contributed by atoms with Gasteiger partial charge in [-0.1, -0.05) is 12.1 Å². The summed E-state index contributed by atoms with van der Waals surface area (Å²) < 4.78 is 5.58. The highest BCUT2D eigenvalue weighted by Gasteiger charge is 2.24. The molecule has 4 nitrogen and oxygen atoms in total. The SMILES string of the molecule is Cc1nc2ccccc2nc1NCC1CCOC1C. The molecule has 0 spiro atoms. The molecule has 0 amide bonds. The summed E-state index contributed by atoms with van der Waals surface area (Å²) in [5, 5.41) is 3.42. The van der Waals surface area contributed by atoms with E-state index in [0.717, 1.165) is 42.1 Å². The zero-order valence-electron chi connectivity index (χ0n) is 11.4. The third-order valence-corrected chi connectivity index (χ3v) is 3.81. The molecular weight excluding hydrogens is 238 g/mol. The summed E-state index contributed by atoms with van der Waals surface area (Å²) in [4.78, 5) is 9.23. The van der Waals surface area contributed by atoms with Gasteiger partial charge in [0.25, 0.3) is 0 Å². The van der Waals surface area contributed by atoms with Crippen LogP contribution in [0.1, 0.15) is 19.0 Å². The molecule has 19 heavy (non-hydrogen) atoms. The van der Waals surface area contributed by atoms with Crippen LogP contribution in [0, 0.1) is 12.8 Å². The van der Waals surface area contributed by atoms with Crippen LogP contribution in [0.25, 0.3) is 11.0 Å². The molecule has 1 N–H and O–H groups in total. The maximum atomic E-state index is 5.58. The number of aryl methyl sites for hydroxylation is 1. The second-order valence-corrected chi connectivity index (χ2v) is 5.15. The van der Waals surface area contributed by atoms with Crippen LogP contribution in [0.3, 0.4) is 0 Å². The molecule has 3 rings (SSSR count). The van der Waals surface area contributed by atoms with Crippen molar-refractivity contribution in [3.8, 4) is 0 Å². The fraction of sp³-hybridized carbons (Fsp3) is 0.467. The Morgan fingerprint density at radius 3 is 2.68 bits per heavy atom. The number of nitrogens with zero attached hydrogens (tertiary/aromatic N) is 2. The minimum absolute atomic E-state index is 0.334. The van der Waals surface area contributed by atoms with Crippen molar-refractivity contribution < 1.29 is 4.74 Å². The van der Waals surface area contributed by atoms with Crippen molar-refractivity contribution >= 4 is 16.9 Å². The van der Waals surface area contributed by atoms with Gasteiger partial charge in [-0.05, 0) is 32.4 Å². The zero-order chi connectivity index (χ0) is 13.2. The molecule has 2 aromatic rings. The predicted octanol–water partition coefficient (Wildman–Crippen LogP) is 2.78. The van der Waals surface area contributed by atoms with E-state index >= 15 is 0 Å². The van der Waals surface area contributed by atoms with Gasteiger partial charge in [-0.2, -0.15) is 0 Å². The van der Waals surface area contributed by atoms with Crippen molar-refractivity contribution in [1.29, 1.82) is 0 Å². The van der Waals surface area contributed by atoms with Crippen LogP contribution in [0.4, 0.5) is 5.82 Å². The van der Waals surface area contributed by atoms with Crippen LogP contribution in [-0.4, -0.2) is 29.2 Å². The fourth-order valence-electron chi connectivity index (χ4n) is 2.53. The highest BCUT2D eigenvalue weighted by atomic mass is 16.5. The number of hydrogen-bond donors (Lipinski definition) is 1. The molecule has 0 aliphatic carbocycles. The summed E-state index contributed by atoms with van der Waals surface area (Å²) in [6.07, 6.45) is 1.45. The zero-order valence-corrected chi connectivity index (χ0v) is 11.4. The van der Waals surface area contributed by atoms with Crippen molar-refractivity contribution in [3.63, 3.8) is 0 Å². The molecule has 4 heteroatoms. The molecule has 1 aromatic carbocycles. The largest absolute Gasteiger partial charge is 0.378 e. The third kappa shape index (κ3) is 2.54. The lowest BCUT2D eigenvalue weighted by Crippen LogP contribution is -2.21. The van der Waals surface area contributed by atoms with Crippen LogP contribution in [0.15, 0.2) is 24.3 Å². The van der Waals surface area contributed by atoms with Gasteiger partial charge in [0.2, 0.25) is 0 Å². The van der Waals surface area contributed by atoms with Gasteiger partial charge in [0.1, 0.15) is 5.82 Å². The summed E-state index contributed by atoms with van der Waals surface area (Å²) in [5.74, 6) is 1.45. The first-order valence-corrected chi connectivity index (χ1v) is 6.83. The number of fused-ring (bicyclic) bond motifs is 1. The molecule has 100 valence electrons. The first kappa shape index (κ1) is 12.4. The lowest BCUT2D eigenvalue weighted by Gasteiger charge is -2.16. The van der Waals surface area contributed by atoms with Crippen LogP contribution < -0.4 is 5.32 Å². The Labute approximate surface area is 113 Å². The van der Waals surface area contributed by atoms with Crippen molar-refractivity contribution in [2.45, 2.75) is 26.4 Å². The van der Waals surface area contributed by atoms with Crippen LogP contribution in [-0.2, 0) is 4.74 Å². The number of nitrogens with one attached hydrogen (secondary N) is 1. The van der Waals surface area contributed by atoms with Crippen LogP contribution in [0.2, 0.25) is 0 Å². The molecule has 1 fully saturated rings. The van der Waals surface area contributed by atoms with Crippen LogP contribution >= 0.6 is 0 Å². The summed E-state index contributed by atoms with van der Waals surface area (Å²) in [5.41, 5.74) is 2.83. The monoisotopic (exact) mass is 257 g/mol. The number of aromatic nitrogens is 2. The third-order valence-electron chi connectivity index (χ3n) is 3.81. The minimum atomic E-state index is 0.334. The van der Waals surface area contributed by atoms with Gasteiger partial charge in [-0.3, -0.25) is 0 Å². The second-order valence-electron chi connectivity index (χ2n) is 5.15. The van der Waals surface area contributed by atoms with Gasteiger partial charge in [0, 0.05) is 19.1 Å². The molecule has 2 heterocycles. The summed E-state index contributed by atoms with van der Waals surface area (Å²) in [6, 6.07) is 7.96. The van der Waals surface area contributed by atoms with Gasteiger partial charge < -0.3 is 10.1 Å². The van der Waals surface area contributed by atoms with Gasteiger partial charge in [0.05, 0.1) is 22.8 Å². The molecular formula is C15H19N3O. The number of anilines is 1. The van der Waals surface area contributed by atoms with E-state index in [1.165, 1.54) is 0 Å². The van der Waals surface area contributed by atoms with Crippen molar-refractivity contribution in [2.75, 3.05) is 18.5 Å². The average molecular weight is 257 g/mol. The van der Waals surface area contributed by atoms with E-state index < -0.39 is 0 Å². The van der Waals surface area contributed by atoms with E-state index in [4.69, 9.17) is 4.74 Å². The second kappa shape index (κ2) is 5.13. The number of ether oxygens (including phenoxy) is 1. The van der Waals surface area contributed by atoms with Crippen molar-refractivity contribution in [2.24, 2.45) is 5.92 Å². The number of benzene rings is 1. The Balaban J connectivity index is 1.78. The van der Waals surface area contributed by atoms with Gasteiger partial charge >= 0.3 is 0 Å². The normalized spacial score (nSPS) is 22.8. The Hall–Kier alpha value is -1.68. The number of hydrogen-bond acceptors (Lipinski definition) is 4. The van der Waals surface area contributed by atoms with E-state index in [2.05, 4.69) is 22.2 Å². The molecule has 2 unspecified atom stereocenters. The molecule has 0 bridgehead atoms. The smallest absolute Gasteiger partial charge is 0.148 e. The van der Waals surface area contributed by atoms with Gasteiger partial charge in [-0.15, -0.1) is 0 Å². The molecule has 1 aliphatic heterocycles. The highest BCUT2D eigenvalue weighted by Crippen LogP contribution is 2.22. The van der Waals surface area contributed by atoms with E-state index in [1.54, 1.807) is 0 Å². The minimum Gasteiger partial charge on any atom is -0.378 e. The molecule has 0 radical (unpaired) electrons. The Morgan fingerprint density at radius 1 is 1.26 bits per heavy atom. The maximum absolute atomic E-state index is 5.58. The Morgan fingerprint density at radius 2 is 2.00 bits per heavy atom. The molecule has 0 saturated carbocycles. The van der Waals surface area contributed by atoms with Gasteiger partial charge in [-0.25, -0.2) is 9.97 Å². The van der Waals surface area contributed by atoms with E-state index in [1.807, 2.05) is 31.2 Å². The van der Waals surface area contributed by atoms with E-state index in [9.17, 15) is 0 Å². The standard InChI is InChI=1S/C15H19N3O/c1-10-15(16-9-12-7-8-19-11(12)2)18-14-6-4-3-5-13(14)17-10/h3-6,11-12H,7-9H2,1-2H3,(H,16,18). The summed E-state index contributed by atoms with van der Waals surface area (Å²) in [6.45, 7) is 5.90. The lowest BCUT2D eigenvalue weighted by atomic mass is 10.0. The number of para-hydroxylation sites is 2. The van der Waals surface area contributed by atoms with Crippen molar-refractivity contribution in [3.05, 3.63) is 30.0 Å². The first-order valence-electron chi connectivity index (χ1n) is 6.83. The van der Waals surface area contributed by atoms with Crippen molar-refractivity contribution in [1.82, 2.24) is 9.97 Å². The van der Waals surface area contributed by atoms with E-state index in [-0.39, 0.29) is 0 Å². The average Bonchev–Trinajstić information content (AvgIpc) is 2.82. The first-order chi connectivity index (χ1) is 9.24. The lowest BCUT2D eigenvalue weighted by molar-refractivity contribution is 0.108. The van der Waals surface area contributed by atoms with Crippen LogP contribution in [0.5, 0.6) is 0 Å². The molecule has 1 aromatic heterocycles. The molecule has 1 aliphatic rings. The van der Waals surface area contributed by atoms with Gasteiger partial charge in [0.15, 0.2) is 0 Å². The topological polar surface area (TPSA) is 47.0 Å². The number of rotatable bonds is 3. The molecule has 2 atom stereocenters. The summed E-state index contributed by atoms with van der Waals surface area (Å²) >= 11 is 0. The Bertz CT molecular complexity index is 585. The summed E-state index contributed by atoms with van der Waals surface area (Å²) in [7, 11) is 0. The fourth-order valence-corrected chi connectivity index (χ4v) is 2.53. The maximum Gasteiger partial charge on any atom is 0.148 e. The quantitative estimate of drug-likeness (QED) is 0.918. The molecule has 1 saturated heterocycles. The predicted molar refractivity (Wildman–Crippen MR) is 76.3 cm³/mol. The van der Waals surface area contributed by atoms with E-state index in [0.29, 0.717) is 12.0 Å².